The predicted molar refractivity (Wildman–Crippen MR) is 108 cm³/mol. The van der Waals surface area contributed by atoms with E-state index in [0.717, 1.165) is 11.1 Å². The summed E-state index contributed by atoms with van der Waals surface area (Å²) in [4.78, 5) is 22.3. The first-order chi connectivity index (χ1) is 13.9. The van der Waals surface area contributed by atoms with Gasteiger partial charge in [0.05, 0.1) is 11.1 Å². The van der Waals surface area contributed by atoms with Gasteiger partial charge in [-0.15, -0.1) is 0 Å². The average Bonchev–Trinajstić information content (AvgIpc) is 3.18. The van der Waals surface area contributed by atoms with Crippen molar-refractivity contribution < 1.29 is 18.9 Å². The van der Waals surface area contributed by atoms with Gasteiger partial charge in [-0.3, -0.25) is 14.9 Å². The molecule has 1 aromatic heterocycles. The van der Waals surface area contributed by atoms with Crippen molar-refractivity contribution in [1.82, 2.24) is 5.43 Å². The number of non-ortho nitro benzene ring substituents is 1. The topological polar surface area (TPSA) is 107 Å². The number of hydrazone groups is 1. The van der Waals surface area contributed by atoms with Crippen LogP contribution in [0.5, 0.6) is 5.75 Å². The van der Waals surface area contributed by atoms with Crippen LogP contribution in [0.1, 0.15) is 16.9 Å². The van der Waals surface area contributed by atoms with Crippen molar-refractivity contribution >= 4 is 17.8 Å². The maximum Gasteiger partial charge on any atom is 0.277 e. The molecule has 0 radical (unpaired) electrons. The molecule has 0 fully saturated rings. The number of amides is 1. The summed E-state index contributed by atoms with van der Waals surface area (Å²) in [6.45, 7) is 3.73. The van der Waals surface area contributed by atoms with E-state index in [1.807, 2.05) is 26.0 Å². The second-order valence-electron chi connectivity index (χ2n) is 6.29. The van der Waals surface area contributed by atoms with Crippen molar-refractivity contribution in [3.05, 3.63) is 81.6 Å². The Morgan fingerprint density at radius 2 is 2.00 bits per heavy atom. The molecule has 0 saturated heterocycles. The number of carbonyl (C=O) groups is 1. The molecule has 8 nitrogen and oxygen atoms in total. The van der Waals surface area contributed by atoms with E-state index in [4.69, 9.17) is 9.15 Å². The molecule has 8 heteroatoms. The largest absolute Gasteiger partial charge is 0.483 e. The summed E-state index contributed by atoms with van der Waals surface area (Å²) in [5.41, 5.74) is 4.98. The van der Waals surface area contributed by atoms with Crippen LogP contribution in [0.15, 0.2) is 64.1 Å². The lowest BCUT2D eigenvalue weighted by molar-refractivity contribution is -0.384. The van der Waals surface area contributed by atoms with Crippen molar-refractivity contribution in [2.75, 3.05) is 6.61 Å². The minimum Gasteiger partial charge on any atom is -0.483 e. The Morgan fingerprint density at radius 3 is 2.79 bits per heavy atom. The smallest absolute Gasteiger partial charge is 0.277 e. The Hall–Kier alpha value is -3.94. The highest BCUT2D eigenvalue weighted by Gasteiger charge is 2.10. The molecule has 0 aliphatic carbocycles. The SMILES string of the molecule is Cc1cccc(OCC(=O)N/N=C\c2ccc(-c3cccc([N+](=O)[O-])c3)o2)c1C. The number of nitrogens with zero attached hydrogens (tertiary/aromatic N) is 2. The van der Waals surface area contributed by atoms with E-state index in [1.54, 1.807) is 30.3 Å². The molecule has 1 heterocycles. The van der Waals surface area contributed by atoms with Gasteiger partial charge >= 0.3 is 0 Å². The number of rotatable bonds is 7. The molecule has 0 aliphatic heterocycles. The molecule has 1 N–H and O–H groups in total. The number of benzene rings is 2. The van der Waals surface area contributed by atoms with Gasteiger partial charge in [-0.05, 0) is 43.2 Å². The lowest BCUT2D eigenvalue weighted by Crippen LogP contribution is -2.24. The zero-order valence-electron chi connectivity index (χ0n) is 15.9. The van der Waals surface area contributed by atoms with Gasteiger partial charge in [0.25, 0.3) is 11.6 Å². The van der Waals surface area contributed by atoms with Crippen molar-refractivity contribution in [2.45, 2.75) is 13.8 Å². The molecule has 0 aliphatic rings. The first-order valence-electron chi connectivity index (χ1n) is 8.79. The zero-order valence-corrected chi connectivity index (χ0v) is 15.9. The highest BCUT2D eigenvalue weighted by molar-refractivity contribution is 5.81. The third-order valence-corrected chi connectivity index (χ3v) is 4.26. The molecule has 0 unspecified atom stereocenters. The monoisotopic (exact) mass is 393 g/mol. The number of nitrogens with one attached hydrogen (secondary N) is 1. The molecule has 0 bridgehead atoms. The summed E-state index contributed by atoms with van der Waals surface area (Å²) >= 11 is 0. The second kappa shape index (κ2) is 8.83. The van der Waals surface area contributed by atoms with E-state index in [9.17, 15) is 14.9 Å². The maximum absolute atomic E-state index is 11.9. The van der Waals surface area contributed by atoms with Crippen LogP contribution in [-0.2, 0) is 4.79 Å². The summed E-state index contributed by atoms with van der Waals surface area (Å²) in [5, 5.41) is 14.7. The predicted octanol–water partition coefficient (Wildman–Crippen LogP) is 4.00. The second-order valence-corrected chi connectivity index (χ2v) is 6.29. The number of aryl methyl sites for hydroxylation is 1. The van der Waals surface area contributed by atoms with E-state index in [1.165, 1.54) is 18.3 Å². The van der Waals surface area contributed by atoms with Gasteiger partial charge in [0.1, 0.15) is 17.3 Å². The number of furan rings is 1. The fourth-order valence-corrected chi connectivity index (χ4v) is 2.57. The van der Waals surface area contributed by atoms with E-state index >= 15 is 0 Å². The van der Waals surface area contributed by atoms with E-state index < -0.39 is 10.8 Å². The lowest BCUT2D eigenvalue weighted by Gasteiger charge is -2.09. The Labute approximate surface area is 167 Å². The molecular formula is C21H19N3O5. The van der Waals surface area contributed by atoms with Crippen LogP contribution < -0.4 is 10.2 Å². The zero-order chi connectivity index (χ0) is 20.8. The minimum absolute atomic E-state index is 0.0229. The van der Waals surface area contributed by atoms with Crippen LogP contribution in [0.25, 0.3) is 11.3 Å². The third kappa shape index (κ3) is 5.07. The molecular weight excluding hydrogens is 374 g/mol. The lowest BCUT2D eigenvalue weighted by atomic mass is 10.1. The first-order valence-corrected chi connectivity index (χ1v) is 8.79. The molecule has 0 spiro atoms. The van der Waals surface area contributed by atoms with Crippen molar-refractivity contribution in [1.29, 1.82) is 0 Å². The highest BCUT2D eigenvalue weighted by Crippen LogP contribution is 2.25. The van der Waals surface area contributed by atoms with E-state index in [2.05, 4.69) is 10.5 Å². The van der Waals surface area contributed by atoms with Crippen molar-refractivity contribution in [2.24, 2.45) is 5.10 Å². The summed E-state index contributed by atoms with van der Waals surface area (Å²) < 4.78 is 11.1. The molecule has 3 rings (SSSR count). The minimum atomic E-state index is -0.468. The normalized spacial score (nSPS) is 10.8. The van der Waals surface area contributed by atoms with Crippen LogP contribution in [0.3, 0.4) is 0 Å². The Bertz CT molecular complexity index is 1070. The Balaban J connectivity index is 1.56. The van der Waals surface area contributed by atoms with Gasteiger partial charge in [0.2, 0.25) is 0 Å². The maximum atomic E-state index is 11.9. The highest BCUT2D eigenvalue weighted by atomic mass is 16.6. The quantitative estimate of drug-likeness (QED) is 0.371. The Kier molecular flexibility index (Phi) is 6.03. The van der Waals surface area contributed by atoms with Crippen LogP contribution in [-0.4, -0.2) is 23.7 Å². The van der Waals surface area contributed by atoms with Crippen molar-refractivity contribution in [3.8, 4) is 17.1 Å². The first kappa shape index (κ1) is 19.8. The Morgan fingerprint density at radius 1 is 1.21 bits per heavy atom. The third-order valence-electron chi connectivity index (χ3n) is 4.26. The van der Waals surface area contributed by atoms with Crippen molar-refractivity contribution in [3.63, 3.8) is 0 Å². The fraction of sp³-hybridized carbons (Fsp3) is 0.143. The van der Waals surface area contributed by atoms with Crippen LogP contribution >= 0.6 is 0 Å². The number of carbonyl (C=O) groups excluding carboxylic acids is 1. The molecule has 0 atom stereocenters. The fourth-order valence-electron chi connectivity index (χ4n) is 2.57. The van der Waals surface area contributed by atoms with E-state index in [-0.39, 0.29) is 12.3 Å². The average molecular weight is 393 g/mol. The van der Waals surface area contributed by atoms with Gasteiger partial charge in [-0.25, -0.2) is 5.43 Å². The number of hydrogen-bond acceptors (Lipinski definition) is 6. The standard InChI is InChI=1S/C21H19N3O5/c1-14-5-3-8-19(15(14)2)28-13-21(25)23-22-12-18-9-10-20(29-18)16-6-4-7-17(11-16)24(26)27/h3-12H,13H2,1-2H3,(H,23,25)/b22-12-. The summed E-state index contributed by atoms with van der Waals surface area (Å²) in [7, 11) is 0. The number of hydrogen-bond donors (Lipinski definition) is 1. The molecule has 29 heavy (non-hydrogen) atoms. The van der Waals surface area contributed by atoms with Gasteiger partial charge in [0, 0.05) is 17.7 Å². The molecule has 148 valence electrons. The summed E-state index contributed by atoms with van der Waals surface area (Å²) in [6.07, 6.45) is 1.34. The van der Waals surface area contributed by atoms with E-state index in [0.29, 0.717) is 22.8 Å². The number of nitro groups is 1. The molecule has 3 aromatic rings. The molecule has 2 aromatic carbocycles. The summed E-state index contributed by atoms with van der Waals surface area (Å²) in [6, 6.07) is 15.1. The van der Waals surface area contributed by atoms with Gasteiger partial charge in [-0.2, -0.15) is 5.10 Å². The van der Waals surface area contributed by atoms with Gasteiger partial charge < -0.3 is 9.15 Å². The van der Waals surface area contributed by atoms with Crippen LogP contribution in [0.2, 0.25) is 0 Å². The summed E-state index contributed by atoms with van der Waals surface area (Å²) in [5.74, 6) is 1.09. The van der Waals surface area contributed by atoms with Gasteiger partial charge in [-0.1, -0.05) is 24.3 Å². The molecule has 1 amide bonds. The van der Waals surface area contributed by atoms with Crippen LogP contribution in [0, 0.1) is 24.0 Å². The van der Waals surface area contributed by atoms with Crippen LogP contribution in [0.4, 0.5) is 5.69 Å². The number of ether oxygens (including phenoxy) is 1. The van der Waals surface area contributed by atoms with Gasteiger partial charge in [0.15, 0.2) is 6.61 Å². The molecule has 0 saturated carbocycles. The number of nitro benzene ring substituents is 1.